The Morgan fingerprint density at radius 1 is 1.09 bits per heavy atom. The second-order valence-corrected chi connectivity index (χ2v) is 2.56. The van der Waals surface area contributed by atoms with Gasteiger partial charge in [-0.15, -0.1) is 6.07 Å². The Hall–Kier alpha value is 0.773. The van der Waals surface area contributed by atoms with Crippen molar-refractivity contribution in [3.63, 3.8) is 0 Å². The Morgan fingerprint density at radius 3 is 2.00 bits per heavy atom. The summed E-state index contributed by atoms with van der Waals surface area (Å²) in [7, 11) is 0. The maximum absolute atomic E-state index is 5.64. The van der Waals surface area contributed by atoms with Crippen LogP contribution in [0, 0.1) is 6.92 Å². The summed E-state index contributed by atoms with van der Waals surface area (Å²) in [4.78, 5) is 0. The van der Waals surface area contributed by atoms with E-state index in [-0.39, 0.29) is 36.5 Å². The molecule has 0 amide bonds. The molecular formula is C7H5BrCl2Zn. The monoisotopic (exact) mass is 302 g/mol. The molecule has 0 aromatic heterocycles. The minimum atomic E-state index is 0. The first-order chi connectivity index (χ1) is 4.20. The quantitative estimate of drug-likeness (QED) is 0.474. The van der Waals surface area contributed by atoms with E-state index in [1.807, 2.05) is 6.07 Å². The number of hydrogen-bond acceptors (Lipinski definition) is 0. The Balaban J connectivity index is 0. The Kier molecular flexibility index (Phi) is 8.20. The van der Waals surface area contributed by atoms with E-state index in [0.29, 0.717) is 10.0 Å². The van der Waals surface area contributed by atoms with Crippen LogP contribution in [0.3, 0.4) is 0 Å². The fourth-order valence-electron chi connectivity index (χ4n) is 0.540. The maximum Gasteiger partial charge on any atom is 2.00 e. The van der Waals surface area contributed by atoms with Crippen molar-refractivity contribution in [3.05, 3.63) is 40.7 Å². The molecule has 0 aliphatic carbocycles. The maximum atomic E-state index is 5.64. The molecule has 0 fully saturated rings. The van der Waals surface area contributed by atoms with E-state index in [2.05, 4.69) is 6.92 Å². The van der Waals surface area contributed by atoms with E-state index < -0.39 is 0 Å². The summed E-state index contributed by atoms with van der Waals surface area (Å²) in [6.07, 6.45) is 0. The van der Waals surface area contributed by atoms with Crippen LogP contribution in [0.25, 0.3) is 0 Å². The number of halogens is 3. The summed E-state index contributed by atoms with van der Waals surface area (Å²) < 4.78 is 0. The summed E-state index contributed by atoms with van der Waals surface area (Å²) in [5.74, 6) is 0. The topological polar surface area (TPSA) is 0 Å². The molecule has 0 saturated carbocycles. The second kappa shape index (κ2) is 6.31. The molecule has 4 heteroatoms. The predicted octanol–water partition coefficient (Wildman–Crippen LogP) is 0.177. The van der Waals surface area contributed by atoms with Crippen molar-refractivity contribution in [1.29, 1.82) is 0 Å². The van der Waals surface area contributed by atoms with Crippen LogP contribution in [-0.2, 0) is 19.5 Å². The van der Waals surface area contributed by atoms with E-state index in [0.717, 1.165) is 5.56 Å². The van der Waals surface area contributed by atoms with Crippen LogP contribution < -0.4 is 17.0 Å². The van der Waals surface area contributed by atoms with Crippen LogP contribution >= 0.6 is 23.2 Å². The van der Waals surface area contributed by atoms with E-state index in [1.165, 1.54) is 0 Å². The zero-order chi connectivity index (χ0) is 6.85. The van der Waals surface area contributed by atoms with Crippen molar-refractivity contribution >= 4 is 23.2 Å². The van der Waals surface area contributed by atoms with Gasteiger partial charge in [-0.25, -0.2) is 0 Å². The van der Waals surface area contributed by atoms with Crippen LogP contribution in [-0.4, -0.2) is 0 Å². The molecule has 1 aromatic rings. The summed E-state index contributed by atoms with van der Waals surface area (Å²) in [6.45, 7) is 3.68. The molecule has 0 aliphatic heterocycles. The standard InChI is InChI=1S/C7H5Cl2.BrH.Zn/c1-5-2-3-6(8)7(9)4-5;;/h2-4H,1H2;1H;/q-1;;+2/p-1. The van der Waals surface area contributed by atoms with Gasteiger partial charge in [0.05, 0.1) is 0 Å². The first-order valence-corrected chi connectivity index (χ1v) is 3.23. The third-order valence-corrected chi connectivity index (χ3v) is 1.72. The minimum absolute atomic E-state index is 0. The minimum Gasteiger partial charge on any atom is -1.00 e. The molecule has 0 spiro atoms. The van der Waals surface area contributed by atoms with Crippen molar-refractivity contribution in [3.8, 4) is 0 Å². The van der Waals surface area contributed by atoms with Gasteiger partial charge in [-0.05, 0) is 0 Å². The molecule has 0 nitrogen and oxygen atoms in total. The van der Waals surface area contributed by atoms with E-state index in [9.17, 15) is 0 Å². The van der Waals surface area contributed by atoms with Gasteiger partial charge in [-0.2, -0.15) is 18.6 Å². The molecule has 0 radical (unpaired) electrons. The molecule has 0 heterocycles. The van der Waals surface area contributed by atoms with Crippen LogP contribution in [0.1, 0.15) is 5.56 Å². The smallest absolute Gasteiger partial charge is 1.00 e. The average molecular weight is 305 g/mol. The molecule has 0 saturated heterocycles. The van der Waals surface area contributed by atoms with Crippen molar-refractivity contribution in [2.75, 3.05) is 0 Å². The van der Waals surface area contributed by atoms with Crippen LogP contribution in [0.2, 0.25) is 10.0 Å². The third kappa shape index (κ3) is 4.37. The van der Waals surface area contributed by atoms with Crippen molar-refractivity contribution in [2.24, 2.45) is 0 Å². The van der Waals surface area contributed by atoms with Gasteiger partial charge in [0.1, 0.15) is 0 Å². The third-order valence-electron chi connectivity index (χ3n) is 0.984. The van der Waals surface area contributed by atoms with Gasteiger partial charge in [0.25, 0.3) is 0 Å². The molecule has 1 rings (SSSR count). The fourth-order valence-corrected chi connectivity index (χ4v) is 0.860. The van der Waals surface area contributed by atoms with Gasteiger partial charge in [-0.3, -0.25) is 0 Å². The predicted molar refractivity (Wildman–Crippen MR) is 40.9 cm³/mol. The largest absolute Gasteiger partial charge is 2.00 e. The van der Waals surface area contributed by atoms with Gasteiger partial charge in [0.15, 0.2) is 0 Å². The van der Waals surface area contributed by atoms with Gasteiger partial charge in [0, 0.05) is 10.0 Å². The molecule has 1 aromatic carbocycles. The first kappa shape index (κ1) is 14.3. The number of benzene rings is 1. The molecular weight excluding hydrogens is 300 g/mol. The fraction of sp³-hybridized carbons (Fsp3) is 0. The van der Waals surface area contributed by atoms with Gasteiger partial charge < -0.3 is 17.0 Å². The van der Waals surface area contributed by atoms with Gasteiger partial charge >= 0.3 is 19.5 Å². The first-order valence-electron chi connectivity index (χ1n) is 2.47. The van der Waals surface area contributed by atoms with Crippen molar-refractivity contribution in [2.45, 2.75) is 0 Å². The zero-order valence-electron chi connectivity index (χ0n) is 5.78. The summed E-state index contributed by atoms with van der Waals surface area (Å²) in [6, 6.07) is 5.27. The van der Waals surface area contributed by atoms with E-state index in [1.54, 1.807) is 12.1 Å². The molecule has 56 valence electrons. The Bertz CT molecular complexity index is 228. The molecule has 0 aliphatic rings. The molecule has 11 heavy (non-hydrogen) atoms. The van der Waals surface area contributed by atoms with Crippen LogP contribution in [0.15, 0.2) is 18.2 Å². The SMILES string of the molecule is [Br-].[CH2-]c1ccc(Cl)c(Cl)c1.[Zn+2]. The Morgan fingerprint density at radius 2 is 1.64 bits per heavy atom. The second-order valence-electron chi connectivity index (χ2n) is 1.75. The molecule has 0 bridgehead atoms. The Labute approximate surface area is 99.8 Å². The zero-order valence-corrected chi connectivity index (χ0v) is 11.8. The molecule has 0 unspecified atom stereocenters. The molecule has 0 N–H and O–H groups in total. The summed E-state index contributed by atoms with van der Waals surface area (Å²) in [5.41, 5.74) is 0.879. The summed E-state index contributed by atoms with van der Waals surface area (Å²) >= 11 is 11.3. The molecule has 0 atom stereocenters. The average Bonchev–Trinajstić information content (AvgIpc) is 1.80. The summed E-state index contributed by atoms with van der Waals surface area (Å²) in [5, 5.41) is 1.13. The normalized spacial score (nSPS) is 7.82. The van der Waals surface area contributed by atoms with Crippen molar-refractivity contribution in [1.82, 2.24) is 0 Å². The van der Waals surface area contributed by atoms with Crippen molar-refractivity contribution < 1.29 is 36.5 Å². The van der Waals surface area contributed by atoms with E-state index in [4.69, 9.17) is 23.2 Å². The van der Waals surface area contributed by atoms with Crippen LogP contribution in [0.4, 0.5) is 0 Å². The van der Waals surface area contributed by atoms with Gasteiger partial charge in [0.2, 0.25) is 0 Å². The number of rotatable bonds is 0. The number of hydrogen-bond donors (Lipinski definition) is 0. The van der Waals surface area contributed by atoms with Gasteiger partial charge in [-0.1, -0.05) is 29.3 Å². The van der Waals surface area contributed by atoms with E-state index >= 15 is 0 Å². The van der Waals surface area contributed by atoms with Crippen LogP contribution in [0.5, 0.6) is 0 Å².